The van der Waals surface area contributed by atoms with Gasteiger partial charge in [0.1, 0.15) is 5.52 Å². The van der Waals surface area contributed by atoms with Crippen molar-refractivity contribution >= 4 is 28.8 Å². The van der Waals surface area contributed by atoms with Crippen molar-refractivity contribution in [2.24, 2.45) is 0 Å². The zero-order valence-corrected chi connectivity index (χ0v) is 11.7. The van der Waals surface area contributed by atoms with E-state index in [9.17, 15) is 4.79 Å². The number of nitrogens with zero attached hydrogens (tertiary/aromatic N) is 3. The van der Waals surface area contributed by atoms with Gasteiger partial charge in [-0.25, -0.2) is 4.98 Å². The van der Waals surface area contributed by atoms with E-state index in [-0.39, 0.29) is 5.75 Å². The van der Waals surface area contributed by atoms with Gasteiger partial charge in [0, 0.05) is 25.5 Å². The minimum atomic E-state index is -0.835. The Morgan fingerprint density at radius 2 is 2.30 bits per heavy atom. The zero-order valence-electron chi connectivity index (χ0n) is 10.9. The Labute approximate surface area is 120 Å². The van der Waals surface area contributed by atoms with Gasteiger partial charge in [0.05, 0.1) is 17.5 Å². The number of carboxylic acids is 1. The number of imidazole rings is 1. The summed E-state index contributed by atoms with van der Waals surface area (Å²) in [5.41, 5.74) is 1.83. The molecule has 3 rings (SSSR count). The Balaban J connectivity index is 2.00. The molecule has 1 aliphatic rings. The average molecular weight is 293 g/mol. The third-order valence-electron chi connectivity index (χ3n) is 3.34. The predicted octanol–water partition coefficient (Wildman–Crippen LogP) is 1.96. The first kappa shape index (κ1) is 13.4. The maximum absolute atomic E-state index is 10.8. The molecule has 1 aliphatic heterocycles. The van der Waals surface area contributed by atoms with E-state index in [2.05, 4.69) is 14.5 Å². The van der Waals surface area contributed by atoms with Gasteiger partial charge in [0.15, 0.2) is 5.16 Å². The number of carboxylic acid groups (broad SMARTS) is 1. The number of pyridine rings is 1. The molecular formula is C13H15N3O3S. The van der Waals surface area contributed by atoms with Gasteiger partial charge in [-0.15, -0.1) is 0 Å². The van der Waals surface area contributed by atoms with Crippen molar-refractivity contribution in [1.82, 2.24) is 14.5 Å². The summed E-state index contributed by atoms with van der Waals surface area (Å²) >= 11 is 1.26. The lowest BCUT2D eigenvalue weighted by molar-refractivity contribution is -0.133. The molecular weight excluding hydrogens is 278 g/mol. The number of fused-ring (bicyclic) bond motifs is 1. The first-order valence-electron chi connectivity index (χ1n) is 6.50. The fraction of sp³-hybridized carbons (Fsp3) is 0.462. The number of ether oxygens (including phenoxy) is 1. The maximum Gasteiger partial charge on any atom is 0.313 e. The monoisotopic (exact) mass is 293 g/mol. The second-order valence-electron chi connectivity index (χ2n) is 4.65. The van der Waals surface area contributed by atoms with E-state index in [1.807, 2.05) is 6.07 Å². The number of hydrogen-bond acceptors (Lipinski definition) is 5. The Hall–Kier alpha value is -1.60. The van der Waals surface area contributed by atoms with E-state index in [1.54, 1.807) is 12.4 Å². The lowest BCUT2D eigenvalue weighted by Crippen LogP contribution is -2.20. The van der Waals surface area contributed by atoms with Gasteiger partial charge in [0.2, 0.25) is 0 Å². The molecule has 0 spiro atoms. The maximum atomic E-state index is 10.8. The number of rotatable bonds is 4. The van der Waals surface area contributed by atoms with Crippen molar-refractivity contribution in [3.8, 4) is 0 Å². The molecule has 0 atom stereocenters. The minimum Gasteiger partial charge on any atom is -0.481 e. The minimum absolute atomic E-state index is 0.0139. The van der Waals surface area contributed by atoms with E-state index in [4.69, 9.17) is 9.84 Å². The fourth-order valence-electron chi connectivity index (χ4n) is 2.45. The van der Waals surface area contributed by atoms with Crippen LogP contribution in [0.5, 0.6) is 0 Å². The Morgan fingerprint density at radius 1 is 1.50 bits per heavy atom. The molecule has 3 heterocycles. The first-order valence-corrected chi connectivity index (χ1v) is 7.48. The largest absolute Gasteiger partial charge is 0.481 e. The van der Waals surface area contributed by atoms with Gasteiger partial charge in [-0.2, -0.15) is 0 Å². The highest BCUT2D eigenvalue weighted by atomic mass is 32.2. The lowest BCUT2D eigenvalue weighted by atomic mass is 10.1. The molecule has 0 aliphatic carbocycles. The summed E-state index contributed by atoms with van der Waals surface area (Å²) in [6.45, 7) is 1.47. The first-order chi connectivity index (χ1) is 9.75. The molecule has 7 heteroatoms. The second kappa shape index (κ2) is 5.80. The standard InChI is InChI=1S/C13H15N3O3S/c17-12(18)8-20-13-15-10-7-14-4-1-11(10)16(13)9-2-5-19-6-3-9/h1,4,7,9H,2-3,5-6,8H2,(H,17,18). The topological polar surface area (TPSA) is 77.2 Å². The molecule has 0 aromatic carbocycles. The highest BCUT2D eigenvalue weighted by Gasteiger charge is 2.22. The Kier molecular flexibility index (Phi) is 3.88. The molecule has 2 aromatic rings. The van der Waals surface area contributed by atoms with Crippen LogP contribution in [0.2, 0.25) is 0 Å². The number of hydrogen-bond donors (Lipinski definition) is 1. The predicted molar refractivity (Wildman–Crippen MR) is 75.0 cm³/mol. The molecule has 0 unspecified atom stereocenters. The quantitative estimate of drug-likeness (QED) is 0.868. The summed E-state index contributed by atoms with van der Waals surface area (Å²) in [5.74, 6) is -0.821. The van der Waals surface area contributed by atoms with Crippen LogP contribution in [-0.4, -0.2) is 44.6 Å². The Bertz CT molecular complexity index is 622. The molecule has 0 saturated carbocycles. The molecule has 0 amide bonds. The third-order valence-corrected chi connectivity index (χ3v) is 4.28. The number of aromatic nitrogens is 3. The van der Waals surface area contributed by atoms with Crippen LogP contribution < -0.4 is 0 Å². The normalized spacial score (nSPS) is 16.6. The van der Waals surface area contributed by atoms with Crippen LogP contribution >= 0.6 is 11.8 Å². The van der Waals surface area contributed by atoms with Crippen molar-refractivity contribution in [2.45, 2.75) is 24.0 Å². The van der Waals surface area contributed by atoms with Crippen LogP contribution in [0.1, 0.15) is 18.9 Å². The summed E-state index contributed by atoms with van der Waals surface area (Å²) in [6.07, 6.45) is 5.31. The van der Waals surface area contributed by atoms with Gasteiger partial charge in [-0.05, 0) is 18.9 Å². The third kappa shape index (κ3) is 2.64. The number of carbonyl (C=O) groups is 1. The van der Waals surface area contributed by atoms with Gasteiger partial charge in [0.25, 0.3) is 0 Å². The van der Waals surface area contributed by atoms with Gasteiger partial charge in [-0.1, -0.05) is 11.8 Å². The Morgan fingerprint density at radius 3 is 3.05 bits per heavy atom. The second-order valence-corrected chi connectivity index (χ2v) is 5.60. The molecule has 20 heavy (non-hydrogen) atoms. The van der Waals surface area contributed by atoms with Crippen LogP contribution in [0.3, 0.4) is 0 Å². The summed E-state index contributed by atoms with van der Waals surface area (Å²) in [6, 6.07) is 2.25. The van der Waals surface area contributed by atoms with Crippen LogP contribution in [0, 0.1) is 0 Å². The SMILES string of the molecule is O=C(O)CSc1nc2cnccc2n1C1CCOCC1. The van der Waals surface area contributed by atoms with Crippen LogP contribution in [-0.2, 0) is 9.53 Å². The summed E-state index contributed by atoms with van der Waals surface area (Å²) in [4.78, 5) is 19.4. The summed E-state index contributed by atoms with van der Waals surface area (Å²) < 4.78 is 7.55. The van der Waals surface area contributed by atoms with Crippen LogP contribution in [0.25, 0.3) is 11.0 Å². The van der Waals surface area contributed by atoms with E-state index in [0.29, 0.717) is 6.04 Å². The molecule has 0 bridgehead atoms. The highest BCUT2D eigenvalue weighted by molar-refractivity contribution is 7.99. The smallest absolute Gasteiger partial charge is 0.313 e. The molecule has 1 fully saturated rings. The van der Waals surface area contributed by atoms with Crippen molar-refractivity contribution < 1.29 is 14.6 Å². The van der Waals surface area contributed by atoms with E-state index in [0.717, 1.165) is 42.2 Å². The van der Waals surface area contributed by atoms with E-state index < -0.39 is 5.97 Å². The van der Waals surface area contributed by atoms with Gasteiger partial charge in [-0.3, -0.25) is 9.78 Å². The van der Waals surface area contributed by atoms with Crippen molar-refractivity contribution in [2.75, 3.05) is 19.0 Å². The summed E-state index contributed by atoms with van der Waals surface area (Å²) in [5, 5.41) is 9.61. The molecule has 1 N–H and O–H groups in total. The van der Waals surface area contributed by atoms with Crippen LogP contribution in [0.15, 0.2) is 23.6 Å². The van der Waals surface area contributed by atoms with Gasteiger partial charge < -0.3 is 14.4 Å². The highest BCUT2D eigenvalue weighted by Crippen LogP contribution is 2.31. The molecule has 106 valence electrons. The van der Waals surface area contributed by atoms with Crippen molar-refractivity contribution in [3.63, 3.8) is 0 Å². The molecule has 2 aromatic heterocycles. The van der Waals surface area contributed by atoms with Crippen LogP contribution in [0.4, 0.5) is 0 Å². The number of thioether (sulfide) groups is 1. The molecule has 6 nitrogen and oxygen atoms in total. The lowest BCUT2D eigenvalue weighted by Gasteiger charge is -2.25. The van der Waals surface area contributed by atoms with Gasteiger partial charge >= 0.3 is 5.97 Å². The average Bonchev–Trinajstić information content (AvgIpc) is 2.84. The summed E-state index contributed by atoms with van der Waals surface area (Å²) in [7, 11) is 0. The van der Waals surface area contributed by atoms with Crippen molar-refractivity contribution in [1.29, 1.82) is 0 Å². The molecule has 1 saturated heterocycles. The molecule has 0 radical (unpaired) electrons. The van der Waals surface area contributed by atoms with E-state index in [1.165, 1.54) is 11.8 Å². The zero-order chi connectivity index (χ0) is 13.9. The van der Waals surface area contributed by atoms with Crippen molar-refractivity contribution in [3.05, 3.63) is 18.5 Å². The van der Waals surface area contributed by atoms with E-state index >= 15 is 0 Å². The fourth-order valence-corrected chi connectivity index (χ4v) is 3.25. The number of aliphatic carboxylic acids is 1.